The van der Waals surface area contributed by atoms with Gasteiger partial charge < -0.3 is 14.5 Å². The number of rotatable bonds is 4. The molecule has 1 aliphatic heterocycles. The van der Waals surface area contributed by atoms with Gasteiger partial charge in [0.2, 0.25) is 5.91 Å². The number of methoxy groups -OCH3 is 1. The minimum absolute atomic E-state index is 0.000305. The van der Waals surface area contributed by atoms with Crippen LogP contribution in [0.15, 0.2) is 36.4 Å². The molecule has 148 valence electrons. The Balaban J connectivity index is 1.58. The van der Waals surface area contributed by atoms with Gasteiger partial charge in [-0.05, 0) is 42.3 Å². The molecule has 0 unspecified atom stereocenters. The van der Waals surface area contributed by atoms with Crippen LogP contribution in [-0.2, 0) is 11.2 Å². The number of aryl methyl sites for hydroxylation is 1. The quantitative estimate of drug-likeness (QED) is 0.809. The summed E-state index contributed by atoms with van der Waals surface area (Å²) >= 11 is 0. The molecule has 1 saturated heterocycles. The van der Waals surface area contributed by atoms with Gasteiger partial charge in [-0.15, -0.1) is 0 Å². The fourth-order valence-electron chi connectivity index (χ4n) is 3.23. The molecular formula is C21H22F2N2O3. The molecule has 0 aliphatic carbocycles. The summed E-state index contributed by atoms with van der Waals surface area (Å²) < 4.78 is 31.6. The number of nitrogens with zero attached hydrogens (tertiary/aromatic N) is 2. The molecule has 0 saturated carbocycles. The van der Waals surface area contributed by atoms with Crippen molar-refractivity contribution in [1.82, 2.24) is 9.80 Å². The zero-order valence-electron chi connectivity index (χ0n) is 15.9. The number of halogens is 2. The maximum Gasteiger partial charge on any atom is 0.254 e. The number of piperazine rings is 1. The summed E-state index contributed by atoms with van der Waals surface area (Å²) in [5, 5.41) is 0. The van der Waals surface area contributed by atoms with Crippen LogP contribution in [0.25, 0.3) is 0 Å². The van der Waals surface area contributed by atoms with E-state index in [2.05, 4.69) is 0 Å². The second-order valence-electron chi connectivity index (χ2n) is 6.78. The second kappa shape index (κ2) is 8.37. The van der Waals surface area contributed by atoms with Crippen LogP contribution in [0.3, 0.4) is 0 Å². The summed E-state index contributed by atoms with van der Waals surface area (Å²) in [6.07, 6.45) is 0.000305. The van der Waals surface area contributed by atoms with E-state index in [1.165, 1.54) is 6.07 Å². The van der Waals surface area contributed by atoms with Crippen LogP contribution >= 0.6 is 0 Å². The minimum atomic E-state index is -0.964. The van der Waals surface area contributed by atoms with Crippen molar-refractivity contribution in [2.45, 2.75) is 13.3 Å². The van der Waals surface area contributed by atoms with E-state index in [1.807, 2.05) is 13.0 Å². The Morgan fingerprint density at radius 1 is 0.964 bits per heavy atom. The predicted octanol–water partition coefficient (Wildman–Crippen LogP) is 2.81. The van der Waals surface area contributed by atoms with Gasteiger partial charge in [0.15, 0.2) is 11.6 Å². The van der Waals surface area contributed by atoms with Crippen molar-refractivity contribution in [2.24, 2.45) is 0 Å². The molecular weight excluding hydrogens is 366 g/mol. The van der Waals surface area contributed by atoms with Crippen molar-refractivity contribution in [2.75, 3.05) is 33.3 Å². The van der Waals surface area contributed by atoms with Gasteiger partial charge in [0.1, 0.15) is 5.75 Å². The molecule has 0 atom stereocenters. The minimum Gasteiger partial charge on any atom is -0.496 e. The first-order valence-corrected chi connectivity index (χ1v) is 9.04. The lowest BCUT2D eigenvalue weighted by Crippen LogP contribution is -2.51. The first-order chi connectivity index (χ1) is 13.4. The van der Waals surface area contributed by atoms with Crippen LogP contribution in [0.2, 0.25) is 0 Å². The van der Waals surface area contributed by atoms with Crippen LogP contribution in [0, 0.1) is 18.6 Å². The SMILES string of the molecule is COc1cc(C(=O)N2CCN(C(=O)Cc3ccc(F)c(F)c3)CC2)ccc1C. The molecule has 1 fully saturated rings. The summed E-state index contributed by atoms with van der Waals surface area (Å²) in [4.78, 5) is 28.5. The summed E-state index contributed by atoms with van der Waals surface area (Å²) in [6, 6.07) is 8.79. The highest BCUT2D eigenvalue weighted by atomic mass is 19.2. The fourth-order valence-corrected chi connectivity index (χ4v) is 3.23. The zero-order valence-corrected chi connectivity index (χ0v) is 15.9. The lowest BCUT2D eigenvalue weighted by Gasteiger charge is -2.35. The van der Waals surface area contributed by atoms with E-state index in [0.717, 1.165) is 17.7 Å². The second-order valence-corrected chi connectivity index (χ2v) is 6.78. The van der Waals surface area contributed by atoms with Gasteiger partial charge in [-0.25, -0.2) is 8.78 Å². The van der Waals surface area contributed by atoms with Gasteiger partial charge in [0, 0.05) is 31.7 Å². The van der Waals surface area contributed by atoms with E-state index in [4.69, 9.17) is 4.74 Å². The number of ether oxygens (including phenoxy) is 1. The van der Waals surface area contributed by atoms with Crippen molar-refractivity contribution < 1.29 is 23.1 Å². The third-order valence-corrected chi connectivity index (χ3v) is 4.91. The summed E-state index contributed by atoms with van der Waals surface area (Å²) in [5.74, 6) is -1.52. The van der Waals surface area contributed by atoms with Crippen LogP contribution in [-0.4, -0.2) is 54.9 Å². The van der Waals surface area contributed by atoms with Crippen LogP contribution in [0.1, 0.15) is 21.5 Å². The van der Waals surface area contributed by atoms with Crippen LogP contribution in [0.4, 0.5) is 8.78 Å². The molecule has 0 aromatic heterocycles. The Morgan fingerprint density at radius 2 is 1.64 bits per heavy atom. The van der Waals surface area contributed by atoms with Gasteiger partial charge in [0.05, 0.1) is 13.5 Å². The number of carbonyl (C=O) groups excluding carboxylic acids is 2. The Bertz CT molecular complexity index is 893. The summed E-state index contributed by atoms with van der Waals surface area (Å²) in [5.41, 5.74) is 1.92. The number of amides is 2. The molecule has 0 radical (unpaired) electrons. The van der Waals surface area contributed by atoms with Crippen molar-refractivity contribution in [1.29, 1.82) is 0 Å². The third-order valence-electron chi connectivity index (χ3n) is 4.91. The first kappa shape index (κ1) is 19.8. The van der Waals surface area contributed by atoms with Gasteiger partial charge >= 0.3 is 0 Å². The number of hydrogen-bond acceptors (Lipinski definition) is 3. The third kappa shape index (κ3) is 4.30. The Kier molecular flexibility index (Phi) is 5.92. The molecule has 1 heterocycles. The highest BCUT2D eigenvalue weighted by Gasteiger charge is 2.25. The highest BCUT2D eigenvalue weighted by Crippen LogP contribution is 2.20. The van der Waals surface area contributed by atoms with E-state index >= 15 is 0 Å². The monoisotopic (exact) mass is 388 g/mol. The molecule has 2 amide bonds. The van der Waals surface area contributed by atoms with Crippen LogP contribution < -0.4 is 4.74 Å². The smallest absolute Gasteiger partial charge is 0.254 e. The molecule has 0 bridgehead atoms. The Labute approximate surface area is 162 Å². The normalized spacial score (nSPS) is 14.1. The molecule has 0 N–H and O–H groups in total. The largest absolute Gasteiger partial charge is 0.496 e. The molecule has 7 heteroatoms. The van der Waals surface area contributed by atoms with E-state index < -0.39 is 11.6 Å². The summed E-state index contributed by atoms with van der Waals surface area (Å²) in [7, 11) is 1.56. The van der Waals surface area contributed by atoms with Gasteiger partial charge in [0.25, 0.3) is 5.91 Å². The van der Waals surface area contributed by atoms with Gasteiger partial charge in [-0.3, -0.25) is 9.59 Å². The van der Waals surface area contributed by atoms with Gasteiger partial charge in [-0.2, -0.15) is 0 Å². The molecule has 3 rings (SSSR count). The lowest BCUT2D eigenvalue weighted by molar-refractivity contribution is -0.131. The van der Waals surface area contributed by atoms with E-state index in [1.54, 1.807) is 29.0 Å². The number of carbonyl (C=O) groups is 2. The zero-order chi connectivity index (χ0) is 20.3. The molecule has 2 aromatic carbocycles. The highest BCUT2D eigenvalue weighted by molar-refractivity contribution is 5.95. The van der Waals surface area contributed by atoms with Crippen molar-refractivity contribution in [3.05, 3.63) is 64.7 Å². The van der Waals surface area contributed by atoms with E-state index in [9.17, 15) is 18.4 Å². The number of hydrogen-bond donors (Lipinski definition) is 0. The fraction of sp³-hybridized carbons (Fsp3) is 0.333. The Morgan fingerprint density at radius 3 is 2.29 bits per heavy atom. The van der Waals surface area contributed by atoms with Crippen LogP contribution in [0.5, 0.6) is 5.75 Å². The summed E-state index contributed by atoms with van der Waals surface area (Å²) in [6.45, 7) is 3.54. The van der Waals surface area contributed by atoms with E-state index in [0.29, 0.717) is 43.1 Å². The van der Waals surface area contributed by atoms with Crippen molar-refractivity contribution in [3.63, 3.8) is 0 Å². The molecule has 28 heavy (non-hydrogen) atoms. The standard InChI is InChI=1S/C21H22F2N2O3/c1-14-3-5-16(13-19(14)28-2)21(27)25-9-7-24(8-10-25)20(26)12-15-4-6-17(22)18(23)11-15/h3-6,11,13H,7-10,12H2,1-2H3. The average molecular weight is 388 g/mol. The topological polar surface area (TPSA) is 49.9 Å². The molecule has 2 aromatic rings. The van der Waals surface area contributed by atoms with E-state index in [-0.39, 0.29) is 18.2 Å². The molecule has 1 aliphatic rings. The average Bonchev–Trinajstić information content (AvgIpc) is 2.70. The molecule has 5 nitrogen and oxygen atoms in total. The lowest BCUT2D eigenvalue weighted by atomic mass is 10.1. The van der Waals surface area contributed by atoms with Gasteiger partial charge in [-0.1, -0.05) is 12.1 Å². The maximum absolute atomic E-state index is 13.3. The molecule has 0 spiro atoms. The van der Waals surface area contributed by atoms with Crippen molar-refractivity contribution in [3.8, 4) is 5.75 Å². The maximum atomic E-state index is 13.3. The first-order valence-electron chi connectivity index (χ1n) is 9.04. The predicted molar refractivity (Wildman–Crippen MR) is 100 cm³/mol. The van der Waals surface area contributed by atoms with Crippen molar-refractivity contribution >= 4 is 11.8 Å². The number of benzene rings is 2. The Hall–Kier alpha value is -2.96.